The third kappa shape index (κ3) is 2.31. The quantitative estimate of drug-likeness (QED) is 0.856. The minimum atomic E-state index is 0.0130. The molecule has 0 spiro atoms. The maximum absolute atomic E-state index is 12.4. The van der Waals surface area contributed by atoms with Crippen molar-refractivity contribution in [2.75, 3.05) is 18.2 Å². The lowest BCUT2D eigenvalue weighted by Gasteiger charge is -2.31. The van der Waals surface area contributed by atoms with Crippen molar-refractivity contribution in [2.45, 2.75) is 19.0 Å². The molecule has 1 saturated heterocycles. The van der Waals surface area contributed by atoms with Crippen molar-refractivity contribution in [3.63, 3.8) is 0 Å². The molecular formula is C13H15BrN2OS. The number of rotatable bonds is 1. The van der Waals surface area contributed by atoms with Crippen molar-refractivity contribution < 1.29 is 4.79 Å². The molecule has 2 heterocycles. The van der Waals surface area contributed by atoms with Crippen molar-refractivity contribution in [3.05, 3.63) is 33.8 Å². The van der Waals surface area contributed by atoms with Crippen molar-refractivity contribution in [1.82, 2.24) is 10.2 Å². The van der Waals surface area contributed by atoms with Gasteiger partial charge in [-0.15, -0.1) is 11.8 Å². The molecule has 3 rings (SSSR count). The summed E-state index contributed by atoms with van der Waals surface area (Å²) in [6.07, 6.45) is 0.959. The van der Waals surface area contributed by atoms with Crippen LogP contribution in [0.25, 0.3) is 0 Å². The second kappa shape index (κ2) is 5.23. The standard InChI is InChI=1S/C13H15BrN2OS/c14-11-3-1-2-9-4-5-16(6-10(9)11)13(17)12-7-18-8-15-12/h1-3,12,15H,4-8H2. The summed E-state index contributed by atoms with van der Waals surface area (Å²) in [6.45, 7) is 1.57. The van der Waals surface area contributed by atoms with Crippen molar-refractivity contribution in [3.8, 4) is 0 Å². The topological polar surface area (TPSA) is 32.3 Å². The van der Waals surface area contributed by atoms with Crippen LogP contribution in [0.3, 0.4) is 0 Å². The van der Waals surface area contributed by atoms with Crippen LogP contribution < -0.4 is 5.32 Å². The van der Waals surface area contributed by atoms with Gasteiger partial charge in [0.05, 0.1) is 6.04 Å². The van der Waals surface area contributed by atoms with E-state index in [4.69, 9.17) is 0 Å². The molecule has 0 bridgehead atoms. The zero-order chi connectivity index (χ0) is 12.5. The fourth-order valence-electron chi connectivity index (χ4n) is 2.50. The maximum Gasteiger partial charge on any atom is 0.240 e. The summed E-state index contributed by atoms with van der Waals surface area (Å²) in [5.41, 5.74) is 2.63. The van der Waals surface area contributed by atoms with Crippen LogP contribution in [0.15, 0.2) is 22.7 Å². The van der Waals surface area contributed by atoms with Gasteiger partial charge in [0, 0.05) is 29.2 Å². The smallest absolute Gasteiger partial charge is 0.240 e. The Kier molecular flexibility index (Phi) is 3.63. The van der Waals surface area contributed by atoms with Gasteiger partial charge in [0.1, 0.15) is 0 Å². The number of amides is 1. The van der Waals surface area contributed by atoms with E-state index in [1.165, 1.54) is 11.1 Å². The van der Waals surface area contributed by atoms with Gasteiger partial charge in [-0.05, 0) is 23.6 Å². The van der Waals surface area contributed by atoms with Gasteiger partial charge < -0.3 is 4.90 Å². The van der Waals surface area contributed by atoms with E-state index in [-0.39, 0.29) is 11.9 Å². The number of nitrogens with one attached hydrogen (secondary N) is 1. The number of carbonyl (C=O) groups excluding carboxylic acids is 1. The van der Waals surface area contributed by atoms with E-state index in [1.54, 1.807) is 11.8 Å². The number of fused-ring (bicyclic) bond motifs is 1. The monoisotopic (exact) mass is 326 g/mol. The van der Waals surface area contributed by atoms with E-state index in [2.05, 4.69) is 39.4 Å². The first-order chi connectivity index (χ1) is 8.75. The third-order valence-corrected chi connectivity index (χ3v) is 5.22. The molecule has 3 nitrogen and oxygen atoms in total. The number of thioether (sulfide) groups is 1. The average molecular weight is 327 g/mol. The highest BCUT2D eigenvalue weighted by Gasteiger charge is 2.29. The summed E-state index contributed by atoms with van der Waals surface area (Å²) in [5.74, 6) is 2.05. The molecule has 1 N–H and O–H groups in total. The minimum absolute atomic E-state index is 0.0130. The number of halogens is 1. The van der Waals surface area contributed by atoms with E-state index in [9.17, 15) is 4.79 Å². The van der Waals surface area contributed by atoms with Crippen molar-refractivity contribution in [2.24, 2.45) is 0 Å². The second-order valence-corrected chi connectivity index (χ2v) is 6.54. The normalized spacial score (nSPS) is 22.9. The Balaban J connectivity index is 1.78. The van der Waals surface area contributed by atoms with E-state index >= 15 is 0 Å². The summed E-state index contributed by atoms with van der Waals surface area (Å²) in [4.78, 5) is 14.3. The molecule has 1 aromatic rings. The van der Waals surface area contributed by atoms with Crippen LogP contribution in [-0.2, 0) is 17.8 Å². The van der Waals surface area contributed by atoms with E-state index in [0.29, 0.717) is 0 Å². The molecule has 1 aromatic carbocycles. The molecule has 1 fully saturated rings. The Morgan fingerprint density at radius 1 is 1.50 bits per heavy atom. The van der Waals surface area contributed by atoms with Gasteiger partial charge in [-0.1, -0.05) is 28.1 Å². The molecule has 1 atom stereocenters. The van der Waals surface area contributed by atoms with Gasteiger partial charge in [0.15, 0.2) is 0 Å². The highest BCUT2D eigenvalue weighted by Crippen LogP contribution is 2.27. The largest absolute Gasteiger partial charge is 0.337 e. The third-order valence-electron chi connectivity index (χ3n) is 3.54. The van der Waals surface area contributed by atoms with Gasteiger partial charge in [-0.3, -0.25) is 10.1 Å². The lowest BCUT2D eigenvalue weighted by molar-refractivity contribution is -0.133. The molecule has 1 unspecified atom stereocenters. The van der Waals surface area contributed by atoms with Gasteiger partial charge in [-0.2, -0.15) is 0 Å². The predicted molar refractivity (Wildman–Crippen MR) is 77.5 cm³/mol. The molecule has 96 valence electrons. The Hall–Kier alpha value is -0.520. The van der Waals surface area contributed by atoms with Gasteiger partial charge in [0.2, 0.25) is 5.91 Å². The van der Waals surface area contributed by atoms with Crippen molar-refractivity contribution >= 4 is 33.6 Å². The highest BCUT2D eigenvalue weighted by molar-refractivity contribution is 9.10. The fourth-order valence-corrected chi connectivity index (χ4v) is 3.97. The Morgan fingerprint density at radius 3 is 3.17 bits per heavy atom. The molecule has 0 aliphatic carbocycles. The first-order valence-corrected chi connectivity index (χ1v) is 8.06. The first kappa shape index (κ1) is 12.5. The summed E-state index contributed by atoms with van der Waals surface area (Å²) >= 11 is 5.38. The van der Waals surface area contributed by atoms with Crippen LogP contribution in [0, 0.1) is 0 Å². The number of hydrogen-bond acceptors (Lipinski definition) is 3. The minimum Gasteiger partial charge on any atom is -0.337 e. The highest BCUT2D eigenvalue weighted by atomic mass is 79.9. The molecule has 1 amide bonds. The van der Waals surface area contributed by atoms with Gasteiger partial charge in [0.25, 0.3) is 0 Å². The summed E-state index contributed by atoms with van der Waals surface area (Å²) in [7, 11) is 0. The van der Waals surface area contributed by atoms with Crippen LogP contribution in [0.5, 0.6) is 0 Å². The van der Waals surface area contributed by atoms with Crippen LogP contribution in [0.4, 0.5) is 0 Å². The van der Waals surface area contributed by atoms with Crippen LogP contribution in [0.2, 0.25) is 0 Å². The van der Waals surface area contributed by atoms with E-state index in [1.807, 2.05) is 4.90 Å². The average Bonchev–Trinajstić information content (AvgIpc) is 2.92. The summed E-state index contributed by atoms with van der Waals surface area (Å²) < 4.78 is 1.12. The van der Waals surface area contributed by atoms with Crippen LogP contribution in [0.1, 0.15) is 11.1 Å². The lowest BCUT2D eigenvalue weighted by atomic mass is 9.99. The predicted octanol–water partition coefficient (Wildman–Crippen LogP) is 2.00. The number of hydrogen-bond donors (Lipinski definition) is 1. The van der Waals surface area contributed by atoms with Crippen molar-refractivity contribution in [1.29, 1.82) is 0 Å². The molecule has 18 heavy (non-hydrogen) atoms. The molecule has 0 radical (unpaired) electrons. The molecular weight excluding hydrogens is 312 g/mol. The SMILES string of the molecule is O=C(C1CSCN1)N1CCc2cccc(Br)c2C1. The fraction of sp³-hybridized carbons (Fsp3) is 0.462. The number of nitrogens with zero attached hydrogens (tertiary/aromatic N) is 1. The van der Waals surface area contributed by atoms with Crippen LogP contribution in [-0.4, -0.2) is 35.0 Å². The zero-order valence-electron chi connectivity index (χ0n) is 9.99. The molecule has 0 aromatic heterocycles. The maximum atomic E-state index is 12.4. The molecule has 0 saturated carbocycles. The number of benzene rings is 1. The Labute approximate surface area is 119 Å². The molecule has 5 heteroatoms. The zero-order valence-corrected chi connectivity index (χ0v) is 12.4. The summed E-state index contributed by atoms with van der Waals surface area (Å²) in [6, 6.07) is 6.29. The van der Waals surface area contributed by atoms with E-state index in [0.717, 1.165) is 35.6 Å². The van der Waals surface area contributed by atoms with Crippen LogP contribution >= 0.6 is 27.7 Å². The number of carbonyl (C=O) groups is 1. The van der Waals surface area contributed by atoms with Gasteiger partial charge in [-0.25, -0.2) is 0 Å². The summed E-state index contributed by atoms with van der Waals surface area (Å²) in [5, 5.41) is 3.25. The van der Waals surface area contributed by atoms with E-state index < -0.39 is 0 Å². The molecule has 2 aliphatic rings. The van der Waals surface area contributed by atoms with Gasteiger partial charge >= 0.3 is 0 Å². The molecule has 2 aliphatic heterocycles. The lowest BCUT2D eigenvalue weighted by Crippen LogP contribution is -2.46. The Bertz CT molecular complexity index is 474. The Morgan fingerprint density at radius 2 is 2.39 bits per heavy atom. The first-order valence-electron chi connectivity index (χ1n) is 6.12. The second-order valence-electron chi connectivity index (χ2n) is 4.66.